The van der Waals surface area contributed by atoms with Crippen molar-refractivity contribution in [3.05, 3.63) is 42.0 Å². The lowest BCUT2D eigenvalue weighted by Crippen LogP contribution is -2.38. The molecule has 3 aliphatic rings. The largest absolute Gasteiger partial charge is 0.454 e. The average Bonchev–Trinajstić information content (AvgIpc) is 3.37. The van der Waals surface area contributed by atoms with Crippen molar-refractivity contribution in [3.8, 4) is 0 Å². The van der Waals surface area contributed by atoms with Crippen LogP contribution < -0.4 is 5.32 Å². The Labute approximate surface area is 162 Å². The smallest absolute Gasteiger partial charge is 0.326 e. The summed E-state index contributed by atoms with van der Waals surface area (Å²) in [5, 5.41) is 2.64. The molecule has 0 radical (unpaired) electrons. The lowest BCUT2D eigenvalue weighted by atomic mass is 9.85. The number of carbonyl (C=O) groups excluding carboxylic acids is 4. The minimum Gasteiger partial charge on any atom is -0.454 e. The summed E-state index contributed by atoms with van der Waals surface area (Å²) in [6.45, 7) is 1.13. The third-order valence-electron chi connectivity index (χ3n) is 5.86. The molecule has 1 aliphatic heterocycles. The summed E-state index contributed by atoms with van der Waals surface area (Å²) in [6, 6.07) is 7.37. The third kappa shape index (κ3) is 3.21. The van der Waals surface area contributed by atoms with Crippen LogP contribution >= 0.6 is 0 Å². The number of anilines is 1. The first-order valence-electron chi connectivity index (χ1n) is 9.56. The molecule has 1 saturated carbocycles. The molecule has 0 unspecified atom stereocenters. The van der Waals surface area contributed by atoms with Gasteiger partial charge >= 0.3 is 5.97 Å². The monoisotopic (exact) mass is 382 g/mol. The van der Waals surface area contributed by atoms with Crippen LogP contribution in [0.5, 0.6) is 0 Å². The van der Waals surface area contributed by atoms with E-state index in [1.165, 1.54) is 0 Å². The average molecular weight is 382 g/mol. The highest BCUT2D eigenvalue weighted by molar-refractivity contribution is 6.08. The molecule has 146 valence electrons. The minimum atomic E-state index is -0.765. The van der Waals surface area contributed by atoms with Crippen molar-refractivity contribution in [1.82, 2.24) is 4.90 Å². The van der Waals surface area contributed by atoms with Crippen LogP contribution in [0.15, 0.2) is 36.4 Å². The Kier molecular flexibility index (Phi) is 4.75. The summed E-state index contributed by atoms with van der Waals surface area (Å²) >= 11 is 0. The number of nitrogens with zero attached hydrogens (tertiary/aromatic N) is 1. The van der Waals surface area contributed by atoms with Gasteiger partial charge in [0.25, 0.3) is 5.91 Å². The van der Waals surface area contributed by atoms with E-state index < -0.39 is 25.0 Å². The molecule has 2 aliphatic carbocycles. The van der Waals surface area contributed by atoms with Crippen LogP contribution in [0.4, 0.5) is 5.69 Å². The van der Waals surface area contributed by atoms with E-state index in [0.717, 1.165) is 23.3 Å². The fraction of sp³-hybridized carbons (Fsp3) is 0.429. The molecule has 3 amide bonds. The minimum absolute atomic E-state index is 0.0948. The summed E-state index contributed by atoms with van der Waals surface area (Å²) < 4.78 is 4.96. The number of hydrogen-bond donors (Lipinski definition) is 1. The lowest BCUT2D eigenvalue weighted by molar-refractivity contribution is -0.154. The number of rotatable bonds is 6. The normalized spacial score (nSPS) is 27.2. The van der Waals surface area contributed by atoms with E-state index in [1.54, 1.807) is 12.1 Å². The number of allylic oxidation sites excluding steroid dienone is 2. The molecule has 1 aromatic carbocycles. The van der Waals surface area contributed by atoms with Crippen molar-refractivity contribution in [3.63, 3.8) is 0 Å². The van der Waals surface area contributed by atoms with Gasteiger partial charge in [-0.05, 0) is 42.4 Å². The van der Waals surface area contributed by atoms with Gasteiger partial charge in [-0.2, -0.15) is 0 Å². The van der Waals surface area contributed by atoms with Crippen LogP contribution in [-0.2, 0) is 30.3 Å². The lowest BCUT2D eigenvalue weighted by Gasteiger charge is -2.16. The first kappa shape index (κ1) is 18.4. The van der Waals surface area contributed by atoms with Crippen LogP contribution in [0.1, 0.15) is 18.9 Å². The fourth-order valence-electron chi connectivity index (χ4n) is 4.46. The number of nitrogens with one attached hydrogen (secondary N) is 1. The number of carbonyl (C=O) groups is 4. The maximum atomic E-state index is 12.5. The molecule has 1 heterocycles. The first-order chi connectivity index (χ1) is 13.5. The van der Waals surface area contributed by atoms with Gasteiger partial charge in [-0.1, -0.05) is 31.2 Å². The van der Waals surface area contributed by atoms with Crippen molar-refractivity contribution in [2.24, 2.45) is 23.7 Å². The maximum absolute atomic E-state index is 12.5. The molecule has 1 N–H and O–H groups in total. The van der Waals surface area contributed by atoms with Gasteiger partial charge in [0.2, 0.25) is 11.8 Å². The molecule has 4 rings (SSSR count). The molecule has 28 heavy (non-hydrogen) atoms. The SMILES string of the molecule is CCc1ccc(NC(=O)COC(=O)CN2C(=O)[C@@H]3[C@@H](C2=O)[C@H]2C=C[C@@H]3C2)cc1. The predicted octanol–water partition coefficient (Wildman–Crippen LogP) is 1.54. The first-order valence-corrected chi connectivity index (χ1v) is 9.56. The van der Waals surface area contributed by atoms with E-state index in [1.807, 2.05) is 31.2 Å². The Bertz CT molecular complexity index is 830. The van der Waals surface area contributed by atoms with E-state index in [2.05, 4.69) is 5.32 Å². The van der Waals surface area contributed by atoms with Crippen LogP contribution in [0.2, 0.25) is 0 Å². The molecule has 0 aromatic heterocycles. The van der Waals surface area contributed by atoms with Gasteiger partial charge in [0, 0.05) is 5.69 Å². The molecular formula is C21H22N2O5. The zero-order valence-electron chi connectivity index (χ0n) is 15.6. The highest BCUT2D eigenvalue weighted by Gasteiger charge is 2.59. The second-order valence-corrected chi connectivity index (χ2v) is 7.52. The Balaban J connectivity index is 1.27. The zero-order valence-corrected chi connectivity index (χ0v) is 15.6. The number of aryl methyl sites for hydroxylation is 1. The molecule has 0 spiro atoms. The van der Waals surface area contributed by atoms with Gasteiger partial charge in [0.15, 0.2) is 6.61 Å². The van der Waals surface area contributed by atoms with E-state index in [-0.39, 0.29) is 35.5 Å². The van der Waals surface area contributed by atoms with Gasteiger partial charge in [-0.15, -0.1) is 0 Å². The van der Waals surface area contributed by atoms with Gasteiger partial charge in [-0.3, -0.25) is 24.1 Å². The number of fused-ring (bicyclic) bond motifs is 5. The third-order valence-corrected chi connectivity index (χ3v) is 5.86. The van der Waals surface area contributed by atoms with Gasteiger partial charge < -0.3 is 10.1 Å². The number of likely N-dealkylation sites (tertiary alicyclic amines) is 1. The van der Waals surface area contributed by atoms with E-state index >= 15 is 0 Å². The second-order valence-electron chi connectivity index (χ2n) is 7.52. The topological polar surface area (TPSA) is 92.8 Å². The second kappa shape index (κ2) is 7.22. The number of ether oxygens (including phenoxy) is 1. The summed E-state index contributed by atoms with van der Waals surface area (Å²) in [5.74, 6) is -2.34. The van der Waals surface area contributed by atoms with Crippen LogP contribution in [0, 0.1) is 23.7 Å². The Hall–Kier alpha value is -2.96. The quantitative estimate of drug-likeness (QED) is 0.458. The molecular weight excluding hydrogens is 360 g/mol. The molecule has 7 heteroatoms. The Morgan fingerprint density at radius 3 is 2.25 bits per heavy atom. The van der Waals surface area contributed by atoms with E-state index in [9.17, 15) is 19.2 Å². The number of imide groups is 1. The van der Waals surface area contributed by atoms with Crippen molar-refractivity contribution in [1.29, 1.82) is 0 Å². The van der Waals surface area contributed by atoms with Gasteiger partial charge in [0.1, 0.15) is 6.54 Å². The zero-order chi connectivity index (χ0) is 19.8. The fourth-order valence-corrected chi connectivity index (χ4v) is 4.46. The number of amides is 3. The Morgan fingerprint density at radius 2 is 1.68 bits per heavy atom. The van der Waals surface area contributed by atoms with E-state index in [0.29, 0.717) is 5.69 Å². The molecule has 2 bridgehead atoms. The van der Waals surface area contributed by atoms with Crippen LogP contribution in [-0.4, -0.2) is 41.7 Å². The van der Waals surface area contributed by atoms with Crippen molar-refractivity contribution in [2.45, 2.75) is 19.8 Å². The van der Waals surface area contributed by atoms with E-state index in [4.69, 9.17) is 4.74 Å². The number of esters is 1. The highest BCUT2D eigenvalue weighted by Crippen LogP contribution is 2.52. The van der Waals surface area contributed by atoms with Gasteiger partial charge in [0.05, 0.1) is 11.8 Å². The molecule has 7 nitrogen and oxygen atoms in total. The summed E-state index contributed by atoms with van der Waals surface area (Å²) in [6.07, 6.45) is 5.73. The maximum Gasteiger partial charge on any atom is 0.326 e. The standard InChI is InChI=1S/C21H22N2O5/c1-2-12-3-7-15(8-4-12)22-16(24)11-28-17(25)10-23-20(26)18-13-5-6-14(9-13)19(18)21(23)27/h3-8,13-14,18-19H,2,9-11H2,1H3,(H,22,24)/t13-,14+,18-,19-/m0/s1. The van der Waals surface area contributed by atoms with Crippen molar-refractivity contribution in [2.75, 3.05) is 18.5 Å². The van der Waals surface area contributed by atoms with Crippen LogP contribution in [0.25, 0.3) is 0 Å². The number of benzene rings is 1. The highest BCUT2D eigenvalue weighted by atomic mass is 16.5. The summed E-state index contributed by atoms with van der Waals surface area (Å²) in [7, 11) is 0. The summed E-state index contributed by atoms with van der Waals surface area (Å²) in [5.41, 5.74) is 1.76. The predicted molar refractivity (Wildman–Crippen MR) is 99.8 cm³/mol. The van der Waals surface area contributed by atoms with Crippen molar-refractivity contribution < 1.29 is 23.9 Å². The molecule has 4 atom stereocenters. The molecule has 1 aromatic rings. The van der Waals surface area contributed by atoms with Gasteiger partial charge in [-0.25, -0.2) is 0 Å². The molecule has 2 fully saturated rings. The number of hydrogen-bond acceptors (Lipinski definition) is 5. The van der Waals surface area contributed by atoms with Crippen molar-refractivity contribution >= 4 is 29.4 Å². The molecule has 1 saturated heterocycles. The van der Waals surface area contributed by atoms with Crippen LogP contribution in [0.3, 0.4) is 0 Å². The summed E-state index contributed by atoms with van der Waals surface area (Å²) in [4.78, 5) is 50.1. The Morgan fingerprint density at radius 1 is 1.07 bits per heavy atom.